The van der Waals surface area contributed by atoms with Gasteiger partial charge in [0.15, 0.2) is 0 Å². The van der Waals surface area contributed by atoms with Crippen LogP contribution in [-0.2, 0) is 9.53 Å². The Balaban J connectivity index is 3.06. The van der Waals surface area contributed by atoms with Gasteiger partial charge in [0, 0.05) is 12.9 Å². The zero-order chi connectivity index (χ0) is 6.41. The Morgan fingerprint density at radius 1 is 1.75 bits per heavy atom. The summed E-state index contributed by atoms with van der Waals surface area (Å²) in [6.07, 6.45) is 1.29. The molecule has 0 aliphatic rings. The zero-order valence-corrected chi connectivity index (χ0v) is 5.02. The van der Waals surface area contributed by atoms with Crippen molar-refractivity contribution in [2.45, 2.75) is 19.8 Å². The number of hydrogen-bond donors (Lipinski definition) is 0. The van der Waals surface area contributed by atoms with Crippen molar-refractivity contribution in [1.29, 1.82) is 0 Å². The minimum absolute atomic E-state index is 0.00116. The molecule has 0 spiro atoms. The van der Waals surface area contributed by atoms with Crippen molar-refractivity contribution in [1.82, 2.24) is 0 Å². The van der Waals surface area contributed by atoms with Crippen molar-refractivity contribution in [2.24, 2.45) is 0 Å². The number of carbonyl (C=O) groups is 1. The smallest absolute Gasteiger partial charge is 0.304 e. The highest BCUT2D eigenvalue weighted by Crippen LogP contribution is 1.88. The third-order valence-corrected chi connectivity index (χ3v) is 0.698. The fourth-order valence-electron chi connectivity index (χ4n) is 0.369. The molecule has 0 fully saturated rings. The second-order valence-corrected chi connectivity index (χ2v) is 1.43. The molecule has 0 N–H and O–H groups in total. The van der Waals surface area contributed by atoms with Gasteiger partial charge in [-0.15, -0.1) is 0 Å². The van der Waals surface area contributed by atoms with Crippen molar-refractivity contribution in [3.05, 3.63) is 0 Å². The van der Waals surface area contributed by atoms with Gasteiger partial charge in [0.05, 0.1) is 0 Å². The molecule has 0 saturated carbocycles. The predicted octanol–water partition coefficient (Wildman–Crippen LogP) is 0.456. The van der Waals surface area contributed by atoms with Crippen molar-refractivity contribution >= 4 is 13.8 Å². The van der Waals surface area contributed by atoms with E-state index in [-0.39, 0.29) is 12.5 Å². The summed E-state index contributed by atoms with van der Waals surface area (Å²) in [5.41, 5.74) is 0. The van der Waals surface area contributed by atoms with Gasteiger partial charge >= 0.3 is 5.97 Å². The van der Waals surface area contributed by atoms with Gasteiger partial charge in [-0.3, -0.25) is 4.79 Å². The predicted molar refractivity (Wildman–Crippen MR) is 31.6 cm³/mol. The lowest BCUT2D eigenvalue weighted by Crippen LogP contribution is -2.03. The van der Waals surface area contributed by atoms with E-state index in [1.54, 1.807) is 0 Å². The Hall–Kier alpha value is -0.465. The third kappa shape index (κ3) is 3.72. The van der Waals surface area contributed by atoms with Crippen LogP contribution >= 0.6 is 0 Å². The lowest BCUT2D eigenvalue weighted by Gasteiger charge is -1.96. The quantitative estimate of drug-likeness (QED) is 0.391. The largest absolute Gasteiger partial charge is 0.476 e. The number of esters is 1. The van der Waals surface area contributed by atoms with E-state index >= 15 is 0 Å². The van der Waals surface area contributed by atoms with E-state index in [0.29, 0.717) is 6.42 Å². The van der Waals surface area contributed by atoms with E-state index < -0.39 is 0 Å². The molecule has 3 heteroatoms. The lowest BCUT2D eigenvalue weighted by atomic mass is 10.2. The normalized spacial score (nSPS) is 8.62. The third-order valence-electron chi connectivity index (χ3n) is 0.698. The van der Waals surface area contributed by atoms with E-state index in [2.05, 4.69) is 4.74 Å². The highest BCUT2D eigenvalue weighted by atomic mass is 16.5. The molecule has 0 bridgehead atoms. The molecule has 0 aromatic rings. The Morgan fingerprint density at radius 3 is 2.75 bits per heavy atom. The molecule has 0 amide bonds. The van der Waals surface area contributed by atoms with Crippen LogP contribution in [0.15, 0.2) is 0 Å². The molecule has 0 unspecified atom stereocenters. The molecule has 0 saturated heterocycles. The van der Waals surface area contributed by atoms with Crippen LogP contribution in [0.25, 0.3) is 0 Å². The maximum atomic E-state index is 10.3. The highest BCUT2D eigenvalue weighted by molar-refractivity contribution is 6.08. The standard InChI is InChI=1S/C5H9BO2/c1-2-3-5(7)8-4-6/h2-4H2,1H3. The number of carbonyl (C=O) groups excluding carboxylic acids is 1. The van der Waals surface area contributed by atoms with Crippen molar-refractivity contribution in [3.63, 3.8) is 0 Å². The number of ether oxygens (including phenoxy) is 1. The van der Waals surface area contributed by atoms with Crippen LogP contribution in [0.1, 0.15) is 19.8 Å². The maximum absolute atomic E-state index is 10.3. The lowest BCUT2D eigenvalue weighted by molar-refractivity contribution is -0.141. The molecule has 44 valence electrons. The molecule has 0 aliphatic heterocycles. The SMILES string of the molecule is [B]COC(=O)CCC. The molecular weight excluding hydrogens is 103 g/mol. The fraction of sp³-hybridized carbons (Fsp3) is 0.800. The number of hydrogen-bond acceptors (Lipinski definition) is 2. The van der Waals surface area contributed by atoms with E-state index in [1.165, 1.54) is 0 Å². The summed E-state index contributed by atoms with van der Waals surface area (Å²) in [4.78, 5) is 10.3. The molecule has 0 aliphatic carbocycles. The summed E-state index contributed by atoms with van der Waals surface area (Å²) in [5, 5.41) is 0. The molecule has 0 rings (SSSR count). The van der Waals surface area contributed by atoms with Crippen molar-refractivity contribution in [2.75, 3.05) is 6.51 Å². The first-order chi connectivity index (χ1) is 3.81. The first-order valence-corrected chi connectivity index (χ1v) is 2.67. The Bertz CT molecular complexity index is 64.8. The van der Waals surface area contributed by atoms with Crippen LogP contribution in [0.5, 0.6) is 0 Å². The van der Waals surface area contributed by atoms with Gasteiger partial charge < -0.3 is 4.74 Å². The van der Waals surface area contributed by atoms with Crippen LogP contribution in [0.3, 0.4) is 0 Å². The minimum atomic E-state index is -0.213. The van der Waals surface area contributed by atoms with E-state index in [0.717, 1.165) is 6.42 Å². The van der Waals surface area contributed by atoms with Crippen LogP contribution in [0, 0.1) is 0 Å². The summed E-state index contributed by atoms with van der Waals surface area (Å²) in [5.74, 6) is -0.213. The van der Waals surface area contributed by atoms with Gasteiger partial charge in [-0.25, -0.2) is 0 Å². The van der Waals surface area contributed by atoms with Gasteiger partial charge in [-0.1, -0.05) is 6.92 Å². The van der Waals surface area contributed by atoms with Crippen LogP contribution in [0.2, 0.25) is 0 Å². The molecular formula is C5H9BO2. The molecule has 0 aromatic heterocycles. The monoisotopic (exact) mass is 112 g/mol. The van der Waals surface area contributed by atoms with Crippen molar-refractivity contribution < 1.29 is 9.53 Å². The Labute approximate surface area is 50.6 Å². The highest BCUT2D eigenvalue weighted by Gasteiger charge is 1.95. The Morgan fingerprint density at radius 2 is 2.38 bits per heavy atom. The van der Waals surface area contributed by atoms with E-state index in [4.69, 9.17) is 7.85 Å². The van der Waals surface area contributed by atoms with Gasteiger partial charge in [-0.2, -0.15) is 0 Å². The van der Waals surface area contributed by atoms with E-state index in [1.807, 2.05) is 6.92 Å². The molecule has 2 radical (unpaired) electrons. The van der Waals surface area contributed by atoms with Gasteiger partial charge in [0.25, 0.3) is 0 Å². The summed E-state index contributed by atoms with van der Waals surface area (Å²) < 4.78 is 4.42. The molecule has 0 atom stereocenters. The molecule has 0 aromatic carbocycles. The first kappa shape index (κ1) is 7.53. The van der Waals surface area contributed by atoms with Crippen LogP contribution in [-0.4, -0.2) is 20.3 Å². The summed E-state index contributed by atoms with van der Waals surface area (Å²) >= 11 is 0. The summed E-state index contributed by atoms with van der Waals surface area (Å²) in [6, 6.07) is 0. The minimum Gasteiger partial charge on any atom is -0.476 e. The summed E-state index contributed by atoms with van der Waals surface area (Å²) in [7, 11) is 4.92. The number of rotatable bonds is 3. The second kappa shape index (κ2) is 4.69. The van der Waals surface area contributed by atoms with Gasteiger partial charge in [-0.05, 0) is 6.42 Å². The van der Waals surface area contributed by atoms with Crippen molar-refractivity contribution in [3.8, 4) is 0 Å². The van der Waals surface area contributed by atoms with E-state index in [9.17, 15) is 4.79 Å². The molecule has 8 heavy (non-hydrogen) atoms. The topological polar surface area (TPSA) is 26.3 Å². The average molecular weight is 112 g/mol. The molecule has 0 heterocycles. The zero-order valence-electron chi connectivity index (χ0n) is 5.02. The average Bonchev–Trinajstić information content (AvgIpc) is 1.68. The maximum Gasteiger partial charge on any atom is 0.304 e. The second-order valence-electron chi connectivity index (χ2n) is 1.43. The van der Waals surface area contributed by atoms with Gasteiger partial charge in [0.1, 0.15) is 7.85 Å². The Kier molecular flexibility index (Phi) is 4.42. The molecule has 2 nitrogen and oxygen atoms in total. The summed E-state index contributed by atoms with van der Waals surface area (Å²) in [6.45, 7) is 1.91. The first-order valence-electron chi connectivity index (χ1n) is 2.67. The van der Waals surface area contributed by atoms with Gasteiger partial charge in [0.2, 0.25) is 0 Å². The van der Waals surface area contributed by atoms with Crippen LogP contribution < -0.4 is 0 Å². The van der Waals surface area contributed by atoms with Crippen LogP contribution in [0.4, 0.5) is 0 Å². The fourth-order valence-corrected chi connectivity index (χ4v) is 0.369.